The van der Waals surface area contributed by atoms with Gasteiger partial charge in [-0.25, -0.2) is 5.09 Å². The highest BCUT2D eigenvalue weighted by Gasteiger charge is 2.05. The van der Waals surface area contributed by atoms with Crippen LogP contribution in [0.3, 0.4) is 0 Å². The monoisotopic (exact) mass is 265 g/mol. The van der Waals surface area contributed by atoms with Crippen LogP contribution in [0.5, 0.6) is 5.75 Å². The number of para-hydroxylation sites is 1. The maximum Gasteiger partial charge on any atom is 0.247 e. The van der Waals surface area contributed by atoms with E-state index in [1.807, 2.05) is 25.1 Å². The van der Waals surface area contributed by atoms with Crippen LogP contribution < -0.4 is 9.82 Å². The molecule has 0 unspecified atom stereocenters. The lowest BCUT2D eigenvalue weighted by Crippen LogP contribution is -2.17. The van der Waals surface area contributed by atoms with Crippen LogP contribution in [0.15, 0.2) is 24.3 Å². The van der Waals surface area contributed by atoms with Crippen molar-refractivity contribution in [1.29, 1.82) is 0 Å². The topological polar surface area (TPSA) is 58.6 Å². The highest BCUT2D eigenvalue weighted by molar-refractivity contribution is 7.21. The van der Waals surface area contributed by atoms with Crippen LogP contribution in [-0.4, -0.2) is 23.9 Å². The molecule has 0 saturated heterocycles. The summed E-state index contributed by atoms with van der Waals surface area (Å²) in [5.74, 6) is 6.52. The molecule has 0 aliphatic rings. The van der Waals surface area contributed by atoms with Crippen LogP contribution in [0.2, 0.25) is 0 Å². The standard InChI is InChI=1S/C13H16NO3P/c1-10(14-18-16)7-8-12-5-3-4-6-13(12)17-11(2)9-15/h3-6,10-11,15H,9H2,1-2H3,(H,14,16)/t10-,11+/m0/s1. The lowest BCUT2D eigenvalue weighted by molar-refractivity contribution is 0.129. The number of aliphatic hydroxyl groups is 1. The Kier molecular flexibility index (Phi) is 6.38. The molecule has 18 heavy (non-hydrogen) atoms. The minimum absolute atomic E-state index is 0.0468. The van der Waals surface area contributed by atoms with Crippen molar-refractivity contribution in [3.05, 3.63) is 29.8 Å². The average Bonchev–Trinajstić information content (AvgIpc) is 2.38. The summed E-state index contributed by atoms with van der Waals surface area (Å²) in [6, 6.07) is 7.19. The van der Waals surface area contributed by atoms with Crippen LogP contribution >= 0.6 is 8.61 Å². The molecule has 1 aromatic carbocycles. The van der Waals surface area contributed by atoms with Gasteiger partial charge in [0, 0.05) is 0 Å². The Morgan fingerprint density at radius 2 is 2.17 bits per heavy atom. The third-order valence-corrected chi connectivity index (χ3v) is 2.63. The summed E-state index contributed by atoms with van der Waals surface area (Å²) in [4.78, 5) is 0. The summed E-state index contributed by atoms with van der Waals surface area (Å²) in [5.41, 5.74) is 0.744. The van der Waals surface area contributed by atoms with E-state index in [0.29, 0.717) is 5.75 Å². The van der Waals surface area contributed by atoms with Gasteiger partial charge in [0.1, 0.15) is 11.9 Å². The van der Waals surface area contributed by atoms with Gasteiger partial charge in [-0.2, -0.15) is 0 Å². The summed E-state index contributed by atoms with van der Waals surface area (Å²) >= 11 is 0. The maximum absolute atomic E-state index is 10.3. The number of ether oxygens (including phenoxy) is 1. The molecule has 0 aliphatic heterocycles. The van der Waals surface area contributed by atoms with Gasteiger partial charge in [0.15, 0.2) is 0 Å². The third-order valence-electron chi connectivity index (χ3n) is 2.14. The fourth-order valence-electron chi connectivity index (χ4n) is 1.22. The maximum atomic E-state index is 10.3. The van der Waals surface area contributed by atoms with Gasteiger partial charge < -0.3 is 9.84 Å². The van der Waals surface area contributed by atoms with E-state index in [1.54, 1.807) is 13.0 Å². The summed E-state index contributed by atoms with van der Waals surface area (Å²) in [6.45, 7) is 3.55. The first-order valence-corrected chi connectivity index (χ1v) is 6.44. The molecule has 0 aromatic heterocycles. The van der Waals surface area contributed by atoms with Crippen LogP contribution in [0.4, 0.5) is 0 Å². The zero-order chi connectivity index (χ0) is 13.4. The predicted octanol–water partition coefficient (Wildman–Crippen LogP) is 1.98. The van der Waals surface area contributed by atoms with E-state index in [1.165, 1.54) is 0 Å². The molecule has 96 valence electrons. The van der Waals surface area contributed by atoms with Gasteiger partial charge in [0.25, 0.3) is 0 Å². The van der Waals surface area contributed by atoms with Crippen LogP contribution in [0.1, 0.15) is 19.4 Å². The van der Waals surface area contributed by atoms with Crippen molar-refractivity contribution in [2.45, 2.75) is 26.0 Å². The van der Waals surface area contributed by atoms with Gasteiger partial charge in [-0.05, 0) is 26.0 Å². The van der Waals surface area contributed by atoms with Gasteiger partial charge in [0.05, 0.1) is 18.2 Å². The molecule has 2 N–H and O–H groups in total. The lowest BCUT2D eigenvalue weighted by Gasteiger charge is -2.13. The van der Waals surface area contributed by atoms with E-state index in [9.17, 15) is 4.57 Å². The average molecular weight is 265 g/mol. The summed E-state index contributed by atoms with van der Waals surface area (Å²) in [7, 11) is -0.136. The van der Waals surface area contributed by atoms with Gasteiger partial charge in [-0.3, -0.25) is 4.57 Å². The van der Waals surface area contributed by atoms with Crippen molar-refractivity contribution in [2.24, 2.45) is 0 Å². The van der Waals surface area contributed by atoms with Gasteiger partial charge >= 0.3 is 0 Å². The SMILES string of the molecule is C[C@H](CO)Oc1ccccc1C#C[C@H](C)NP=O. The van der Waals surface area contributed by atoms with Crippen LogP contribution in [0.25, 0.3) is 0 Å². The number of nitrogens with one attached hydrogen (secondary N) is 1. The molecule has 4 nitrogen and oxygen atoms in total. The fourth-order valence-corrected chi connectivity index (χ4v) is 1.45. The fraction of sp³-hybridized carbons (Fsp3) is 0.385. The van der Waals surface area contributed by atoms with Crippen molar-refractivity contribution in [3.8, 4) is 17.6 Å². The molecule has 0 heterocycles. The summed E-state index contributed by atoms with van der Waals surface area (Å²) < 4.78 is 15.9. The van der Waals surface area contributed by atoms with Crippen molar-refractivity contribution < 1.29 is 14.4 Å². The Morgan fingerprint density at radius 1 is 1.44 bits per heavy atom. The predicted molar refractivity (Wildman–Crippen MR) is 70.7 cm³/mol. The van der Waals surface area contributed by atoms with E-state index < -0.39 is 0 Å². The molecule has 2 atom stereocenters. The zero-order valence-electron chi connectivity index (χ0n) is 10.4. The molecule has 0 radical (unpaired) electrons. The van der Waals surface area contributed by atoms with Gasteiger partial charge in [-0.15, -0.1) is 0 Å². The second-order valence-corrected chi connectivity index (χ2v) is 4.26. The van der Waals surface area contributed by atoms with Gasteiger partial charge in [-0.1, -0.05) is 24.0 Å². The van der Waals surface area contributed by atoms with Gasteiger partial charge in [0.2, 0.25) is 8.61 Å². The molecule has 1 aromatic rings. The first-order valence-electron chi connectivity index (χ1n) is 5.63. The van der Waals surface area contributed by atoms with E-state index in [4.69, 9.17) is 9.84 Å². The van der Waals surface area contributed by atoms with Crippen LogP contribution in [-0.2, 0) is 4.57 Å². The number of aliphatic hydroxyl groups excluding tert-OH is 1. The minimum atomic E-state index is -0.274. The Labute approximate surface area is 109 Å². The minimum Gasteiger partial charge on any atom is -0.487 e. The zero-order valence-corrected chi connectivity index (χ0v) is 11.3. The largest absolute Gasteiger partial charge is 0.487 e. The van der Waals surface area contributed by atoms with Crippen LogP contribution in [0, 0.1) is 11.8 Å². The Morgan fingerprint density at radius 3 is 2.83 bits per heavy atom. The molecule has 0 spiro atoms. The molecular weight excluding hydrogens is 249 g/mol. The van der Waals surface area contributed by atoms with E-state index in [-0.39, 0.29) is 27.4 Å². The summed E-state index contributed by atoms with van der Waals surface area (Å²) in [5, 5.41) is 11.6. The molecule has 0 bridgehead atoms. The molecule has 0 fully saturated rings. The Balaban J connectivity index is 2.84. The number of benzene rings is 1. The highest BCUT2D eigenvalue weighted by Crippen LogP contribution is 2.18. The highest BCUT2D eigenvalue weighted by atomic mass is 31.1. The Hall–Kier alpha value is -1.40. The third kappa shape index (κ3) is 4.85. The first kappa shape index (κ1) is 14.7. The second kappa shape index (κ2) is 7.84. The first-order chi connectivity index (χ1) is 8.67. The normalized spacial score (nSPS) is 13.5. The number of hydrogen-bond donors (Lipinski definition) is 2. The molecule has 0 amide bonds. The molecular formula is C13H16NO3P. The van der Waals surface area contributed by atoms with E-state index in [0.717, 1.165) is 5.56 Å². The van der Waals surface area contributed by atoms with Crippen molar-refractivity contribution in [2.75, 3.05) is 6.61 Å². The second-order valence-electron chi connectivity index (χ2n) is 3.82. The van der Waals surface area contributed by atoms with Crippen molar-refractivity contribution in [1.82, 2.24) is 5.09 Å². The summed E-state index contributed by atoms with van der Waals surface area (Å²) in [6.07, 6.45) is -0.274. The quantitative estimate of drug-likeness (QED) is 0.631. The lowest BCUT2D eigenvalue weighted by atomic mass is 10.2. The Bertz CT molecular complexity index is 453. The van der Waals surface area contributed by atoms with Crippen molar-refractivity contribution in [3.63, 3.8) is 0 Å². The molecule has 1 rings (SSSR count). The number of rotatable bonds is 5. The number of hydrogen-bond acceptors (Lipinski definition) is 3. The molecule has 0 saturated carbocycles. The molecule has 5 heteroatoms. The molecule has 0 aliphatic carbocycles. The smallest absolute Gasteiger partial charge is 0.247 e. The van der Waals surface area contributed by atoms with Crippen molar-refractivity contribution >= 4 is 8.61 Å². The van der Waals surface area contributed by atoms with E-state index in [2.05, 4.69) is 16.9 Å². The van der Waals surface area contributed by atoms with E-state index >= 15 is 0 Å².